The monoisotopic (exact) mass is 249 g/mol. The van der Waals surface area contributed by atoms with Crippen LogP contribution in [0, 0.1) is 0 Å². The molecule has 0 unspecified atom stereocenters. The molecule has 0 aliphatic heterocycles. The first-order valence-electron chi connectivity index (χ1n) is 6.08. The van der Waals surface area contributed by atoms with Crippen LogP contribution in [-0.2, 0) is 4.79 Å². The molecular weight excluding hydrogens is 230 g/mol. The van der Waals surface area contributed by atoms with Crippen molar-refractivity contribution in [1.29, 1.82) is 0 Å². The minimum absolute atomic E-state index is 0.132. The Morgan fingerprint density at radius 3 is 2.56 bits per heavy atom. The number of amides is 1. The Balaban J connectivity index is 2.25. The van der Waals surface area contributed by atoms with Gasteiger partial charge in [-0.05, 0) is 43.0 Å². The van der Waals surface area contributed by atoms with Gasteiger partial charge in [-0.25, -0.2) is 0 Å². The van der Waals surface area contributed by atoms with Crippen LogP contribution in [0.2, 0.25) is 0 Å². The largest absolute Gasteiger partial charge is 0.508 e. The molecule has 0 aliphatic carbocycles. The van der Waals surface area contributed by atoms with Crippen LogP contribution >= 0.6 is 0 Å². The molecule has 0 saturated carbocycles. The number of hydrogen-bond donors (Lipinski definition) is 3. The van der Waals surface area contributed by atoms with Crippen molar-refractivity contribution in [1.82, 2.24) is 5.32 Å². The van der Waals surface area contributed by atoms with E-state index in [4.69, 9.17) is 10.2 Å². The van der Waals surface area contributed by atoms with Gasteiger partial charge >= 0.3 is 0 Å². The molecule has 0 radical (unpaired) electrons. The maximum Gasteiger partial charge on any atom is 0.243 e. The molecule has 4 heteroatoms. The summed E-state index contributed by atoms with van der Waals surface area (Å²) in [6.45, 7) is 0.827. The van der Waals surface area contributed by atoms with Gasteiger partial charge < -0.3 is 15.5 Å². The Morgan fingerprint density at radius 2 is 1.89 bits per heavy atom. The molecule has 1 amide bonds. The summed E-state index contributed by atoms with van der Waals surface area (Å²) in [5.74, 6) is 0.0764. The van der Waals surface area contributed by atoms with Gasteiger partial charge in [0.25, 0.3) is 0 Å². The summed E-state index contributed by atoms with van der Waals surface area (Å²) in [4.78, 5) is 11.4. The molecule has 98 valence electrons. The minimum Gasteiger partial charge on any atom is -0.508 e. The number of phenols is 1. The summed E-state index contributed by atoms with van der Waals surface area (Å²) < 4.78 is 0. The molecule has 1 aromatic carbocycles. The van der Waals surface area contributed by atoms with Gasteiger partial charge in [0.05, 0.1) is 0 Å². The molecule has 3 N–H and O–H groups in total. The third kappa shape index (κ3) is 6.06. The lowest BCUT2D eigenvalue weighted by Gasteiger charge is -2.01. The molecule has 0 heterocycles. The maximum atomic E-state index is 11.4. The van der Waals surface area contributed by atoms with Crippen molar-refractivity contribution in [3.8, 4) is 5.75 Å². The van der Waals surface area contributed by atoms with Crippen LogP contribution in [0.5, 0.6) is 5.75 Å². The van der Waals surface area contributed by atoms with E-state index in [9.17, 15) is 4.79 Å². The summed E-state index contributed by atoms with van der Waals surface area (Å²) in [6, 6.07) is 6.62. The Bertz CT molecular complexity index is 385. The molecule has 0 bridgehead atoms. The van der Waals surface area contributed by atoms with Crippen LogP contribution in [-0.4, -0.2) is 29.3 Å². The van der Waals surface area contributed by atoms with Gasteiger partial charge in [-0.15, -0.1) is 0 Å². The number of phenolic OH excluding ortho intramolecular Hbond substituents is 1. The molecule has 4 nitrogen and oxygen atoms in total. The molecule has 18 heavy (non-hydrogen) atoms. The standard InChI is InChI=1S/C14H19NO3/c16-11-3-1-2-10-15-14(18)9-6-12-4-7-13(17)8-5-12/h4-9,16-17H,1-3,10-11H2,(H,15,18)/b9-6+. The topological polar surface area (TPSA) is 69.6 Å². The average molecular weight is 249 g/mol. The molecular formula is C14H19NO3. The molecule has 0 spiro atoms. The predicted molar refractivity (Wildman–Crippen MR) is 71.1 cm³/mol. The van der Waals surface area contributed by atoms with Gasteiger partial charge in [-0.2, -0.15) is 0 Å². The van der Waals surface area contributed by atoms with Crippen LogP contribution in [0.3, 0.4) is 0 Å². The van der Waals surface area contributed by atoms with E-state index in [0.29, 0.717) is 6.54 Å². The smallest absolute Gasteiger partial charge is 0.243 e. The number of aliphatic hydroxyl groups is 1. The van der Waals surface area contributed by atoms with E-state index < -0.39 is 0 Å². The van der Waals surface area contributed by atoms with Crippen molar-refractivity contribution in [2.75, 3.05) is 13.2 Å². The highest BCUT2D eigenvalue weighted by molar-refractivity contribution is 5.91. The number of carbonyl (C=O) groups excluding carboxylic acids is 1. The van der Waals surface area contributed by atoms with E-state index >= 15 is 0 Å². The molecule has 0 aromatic heterocycles. The molecule has 1 rings (SSSR count). The van der Waals surface area contributed by atoms with Crippen molar-refractivity contribution in [2.24, 2.45) is 0 Å². The SMILES string of the molecule is O=C(/C=C/c1ccc(O)cc1)NCCCCCO. The Kier molecular flexibility index (Phi) is 6.58. The Labute approximate surface area is 107 Å². The second-order valence-electron chi connectivity index (χ2n) is 4.00. The quantitative estimate of drug-likeness (QED) is 0.508. The number of unbranched alkanes of at least 4 members (excludes halogenated alkanes) is 2. The fourth-order valence-electron chi connectivity index (χ4n) is 1.44. The number of aliphatic hydroxyl groups excluding tert-OH is 1. The molecule has 1 aromatic rings. The van der Waals surface area contributed by atoms with Crippen molar-refractivity contribution < 1.29 is 15.0 Å². The van der Waals surface area contributed by atoms with E-state index in [-0.39, 0.29) is 18.3 Å². The Hall–Kier alpha value is -1.81. The van der Waals surface area contributed by atoms with Gasteiger partial charge in [0.2, 0.25) is 5.91 Å². The van der Waals surface area contributed by atoms with Gasteiger partial charge in [-0.3, -0.25) is 4.79 Å². The summed E-state index contributed by atoms with van der Waals surface area (Å²) in [5, 5.41) is 20.5. The second kappa shape index (κ2) is 8.31. The molecule has 0 aliphatic rings. The van der Waals surface area contributed by atoms with E-state index in [1.165, 1.54) is 6.08 Å². The third-order valence-electron chi connectivity index (χ3n) is 2.45. The van der Waals surface area contributed by atoms with Crippen molar-refractivity contribution in [3.05, 3.63) is 35.9 Å². The number of hydrogen-bond acceptors (Lipinski definition) is 3. The van der Waals surface area contributed by atoms with Crippen LogP contribution in [0.1, 0.15) is 24.8 Å². The highest BCUT2D eigenvalue weighted by atomic mass is 16.3. The van der Waals surface area contributed by atoms with E-state index in [2.05, 4.69) is 5.32 Å². The summed E-state index contributed by atoms with van der Waals surface area (Å²) in [7, 11) is 0. The lowest BCUT2D eigenvalue weighted by molar-refractivity contribution is -0.116. The lowest BCUT2D eigenvalue weighted by atomic mass is 10.2. The Morgan fingerprint density at radius 1 is 1.17 bits per heavy atom. The van der Waals surface area contributed by atoms with Crippen molar-refractivity contribution >= 4 is 12.0 Å². The maximum absolute atomic E-state index is 11.4. The zero-order valence-electron chi connectivity index (χ0n) is 10.3. The van der Waals surface area contributed by atoms with E-state index in [0.717, 1.165) is 24.8 Å². The van der Waals surface area contributed by atoms with Crippen molar-refractivity contribution in [3.63, 3.8) is 0 Å². The van der Waals surface area contributed by atoms with Crippen LogP contribution < -0.4 is 5.32 Å². The zero-order valence-corrected chi connectivity index (χ0v) is 10.3. The first-order chi connectivity index (χ1) is 8.72. The highest BCUT2D eigenvalue weighted by Gasteiger charge is 1.95. The third-order valence-corrected chi connectivity index (χ3v) is 2.45. The predicted octanol–water partition coefficient (Wildman–Crippen LogP) is 1.68. The zero-order chi connectivity index (χ0) is 13.2. The van der Waals surface area contributed by atoms with Gasteiger partial charge in [0, 0.05) is 19.2 Å². The fourth-order valence-corrected chi connectivity index (χ4v) is 1.44. The van der Waals surface area contributed by atoms with Gasteiger partial charge in [0.1, 0.15) is 5.75 Å². The van der Waals surface area contributed by atoms with Crippen LogP contribution in [0.15, 0.2) is 30.3 Å². The lowest BCUT2D eigenvalue weighted by Crippen LogP contribution is -2.22. The normalized spacial score (nSPS) is 10.7. The van der Waals surface area contributed by atoms with E-state index in [1.54, 1.807) is 30.3 Å². The summed E-state index contributed by atoms with van der Waals surface area (Å²) >= 11 is 0. The fraction of sp³-hybridized carbons (Fsp3) is 0.357. The van der Waals surface area contributed by atoms with E-state index in [1.807, 2.05) is 0 Å². The highest BCUT2D eigenvalue weighted by Crippen LogP contribution is 2.10. The average Bonchev–Trinajstić information content (AvgIpc) is 2.38. The number of rotatable bonds is 7. The number of nitrogens with one attached hydrogen (secondary N) is 1. The molecule has 0 atom stereocenters. The van der Waals surface area contributed by atoms with Crippen LogP contribution in [0.4, 0.5) is 0 Å². The molecule has 0 fully saturated rings. The first-order valence-corrected chi connectivity index (χ1v) is 6.08. The van der Waals surface area contributed by atoms with Crippen molar-refractivity contribution in [2.45, 2.75) is 19.3 Å². The summed E-state index contributed by atoms with van der Waals surface area (Å²) in [6.07, 6.45) is 5.73. The minimum atomic E-state index is -0.132. The molecule has 0 saturated heterocycles. The number of carbonyl (C=O) groups is 1. The number of benzene rings is 1. The first kappa shape index (κ1) is 14.3. The number of aromatic hydroxyl groups is 1. The van der Waals surface area contributed by atoms with Crippen LogP contribution in [0.25, 0.3) is 6.08 Å². The second-order valence-corrected chi connectivity index (χ2v) is 4.00. The van der Waals surface area contributed by atoms with Gasteiger partial charge in [-0.1, -0.05) is 12.1 Å². The van der Waals surface area contributed by atoms with Gasteiger partial charge in [0.15, 0.2) is 0 Å². The summed E-state index contributed by atoms with van der Waals surface area (Å²) in [5.41, 5.74) is 0.864.